The highest BCUT2D eigenvalue weighted by Crippen LogP contribution is 2.21. The molecule has 27 heavy (non-hydrogen) atoms. The minimum absolute atomic E-state index is 0.464. The second-order valence-corrected chi connectivity index (χ2v) is 6.49. The number of rotatable bonds is 8. The van der Waals surface area contributed by atoms with Gasteiger partial charge in [-0.1, -0.05) is 62.2 Å². The van der Waals surface area contributed by atoms with Crippen molar-refractivity contribution in [1.82, 2.24) is 5.32 Å². The molecule has 0 saturated carbocycles. The van der Waals surface area contributed by atoms with Crippen LogP contribution in [0.4, 0.5) is 4.79 Å². The number of hydrogen-bond donors (Lipinski definition) is 1. The fourth-order valence-corrected chi connectivity index (χ4v) is 2.85. The van der Waals surface area contributed by atoms with E-state index >= 15 is 0 Å². The maximum Gasteiger partial charge on any atom is 0.519 e. The maximum absolute atomic E-state index is 12.0. The van der Waals surface area contributed by atoms with Crippen LogP contribution in [0.1, 0.15) is 31.7 Å². The Hall–Kier alpha value is -2.85. The standard InChI is InChI=1S/C23H25NO3/c1-2-3-6-15-24-17-18-9-12-21(13-10-18)26-23(25)27-22-14-11-19-7-4-5-8-20(19)16-22/h4-5,7-14,16,24H,2-3,6,15,17H2,1H3. The topological polar surface area (TPSA) is 47.6 Å². The molecule has 3 aromatic carbocycles. The molecule has 0 unspecified atom stereocenters. The summed E-state index contributed by atoms with van der Waals surface area (Å²) in [6.45, 7) is 4.03. The van der Waals surface area contributed by atoms with Crippen molar-refractivity contribution in [3.8, 4) is 11.5 Å². The van der Waals surface area contributed by atoms with Crippen LogP contribution in [-0.4, -0.2) is 12.7 Å². The van der Waals surface area contributed by atoms with Gasteiger partial charge in [0.15, 0.2) is 0 Å². The molecule has 0 radical (unpaired) electrons. The Bertz CT molecular complexity index is 874. The number of unbranched alkanes of at least 4 members (excludes halogenated alkanes) is 2. The normalized spacial score (nSPS) is 10.7. The van der Waals surface area contributed by atoms with Crippen molar-refractivity contribution < 1.29 is 14.3 Å². The highest BCUT2D eigenvalue weighted by molar-refractivity contribution is 5.84. The fourth-order valence-electron chi connectivity index (χ4n) is 2.85. The highest BCUT2D eigenvalue weighted by Gasteiger charge is 2.08. The molecule has 0 aliphatic carbocycles. The average Bonchev–Trinajstić information content (AvgIpc) is 2.69. The van der Waals surface area contributed by atoms with Gasteiger partial charge in [-0.3, -0.25) is 0 Å². The molecule has 0 aliphatic heterocycles. The van der Waals surface area contributed by atoms with Gasteiger partial charge in [0, 0.05) is 6.54 Å². The largest absolute Gasteiger partial charge is 0.519 e. The third kappa shape index (κ3) is 5.83. The summed E-state index contributed by atoms with van der Waals surface area (Å²) < 4.78 is 10.5. The highest BCUT2D eigenvalue weighted by atomic mass is 16.7. The van der Waals surface area contributed by atoms with Crippen LogP contribution >= 0.6 is 0 Å². The first-order valence-electron chi connectivity index (χ1n) is 9.43. The molecule has 140 valence electrons. The Morgan fingerprint density at radius 2 is 1.56 bits per heavy atom. The van der Waals surface area contributed by atoms with Crippen LogP contribution in [0.5, 0.6) is 11.5 Å². The Labute approximate surface area is 160 Å². The minimum Gasteiger partial charge on any atom is -0.395 e. The lowest BCUT2D eigenvalue weighted by Crippen LogP contribution is -2.15. The van der Waals surface area contributed by atoms with E-state index in [1.54, 1.807) is 18.2 Å². The molecule has 4 heteroatoms. The van der Waals surface area contributed by atoms with Crippen molar-refractivity contribution in [3.05, 3.63) is 72.3 Å². The Morgan fingerprint density at radius 1 is 0.852 bits per heavy atom. The van der Waals surface area contributed by atoms with Crippen molar-refractivity contribution in [2.45, 2.75) is 32.7 Å². The van der Waals surface area contributed by atoms with Gasteiger partial charge in [0.05, 0.1) is 0 Å². The molecule has 1 N–H and O–H groups in total. The molecule has 0 saturated heterocycles. The summed E-state index contributed by atoms with van der Waals surface area (Å²) >= 11 is 0. The van der Waals surface area contributed by atoms with Crippen LogP contribution in [-0.2, 0) is 6.54 Å². The summed E-state index contributed by atoms with van der Waals surface area (Å²) in [5.74, 6) is 0.933. The molecular formula is C23H25NO3. The predicted octanol–water partition coefficient (Wildman–Crippen LogP) is 5.70. The average molecular weight is 363 g/mol. The van der Waals surface area contributed by atoms with E-state index in [1.807, 2.05) is 48.5 Å². The van der Waals surface area contributed by atoms with Crippen molar-refractivity contribution in [1.29, 1.82) is 0 Å². The van der Waals surface area contributed by atoms with Crippen molar-refractivity contribution in [3.63, 3.8) is 0 Å². The lowest BCUT2D eigenvalue weighted by atomic mass is 10.1. The molecule has 0 spiro atoms. The molecule has 0 aliphatic rings. The third-order valence-electron chi connectivity index (χ3n) is 4.33. The first-order valence-corrected chi connectivity index (χ1v) is 9.43. The van der Waals surface area contributed by atoms with Crippen LogP contribution < -0.4 is 14.8 Å². The lowest BCUT2D eigenvalue weighted by molar-refractivity contribution is 0.152. The van der Waals surface area contributed by atoms with Crippen LogP contribution in [0.25, 0.3) is 10.8 Å². The van der Waals surface area contributed by atoms with Gasteiger partial charge in [-0.15, -0.1) is 0 Å². The Balaban J connectivity index is 1.49. The zero-order valence-corrected chi connectivity index (χ0v) is 15.6. The van der Waals surface area contributed by atoms with Crippen molar-refractivity contribution >= 4 is 16.9 Å². The van der Waals surface area contributed by atoms with Crippen molar-refractivity contribution in [2.24, 2.45) is 0 Å². The molecule has 4 nitrogen and oxygen atoms in total. The fraction of sp³-hybridized carbons (Fsp3) is 0.261. The molecule has 0 bridgehead atoms. The van der Waals surface area contributed by atoms with Gasteiger partial charge >= 0.3 is 6.16 Å². The quantitative estimate of drug-likeness (QED) is 0.317. The number of carbonyl (C=O) groups is 1. The van der Waals surface area contributed by atoms with E-state index in [2.05, 4.69) is 12.2 Å². The second-order valence-electron chi connectivity index (χ2n) is 6.49. The van der Waals surface area contributed by atoms with Gasteiger partial charge in [-0.2, -0.15) is 0 Å². The molecule has 3 rings (SSSR count). The molecular weight excluding hydrogens is 338 g/mol. The van der Waals surface area contributed by atoms with Gasteiger partial charge in [-0.25, -0.2) is 4.79 Å². The van der Waals surface area contributed by atoms with E-state index < -0.39 is 6.16 Å². The summed E-state index contributed by atoms with van der Waals surface area (Å²) in [6, 6.07) is 20.9. The van der Waals surface area contributed by atoms with Crippen LogP contribution in [0.15, 0.2) is 66.7 Å². The molecule has 0 amide bonds. The summed E-state index contributed by atoms with van der Waals surface area (Å²) in [6.07, 6.45) is 2.93. The third-order valence-corrected chi connectivity index (χ3v) is 4.33. The van der Waals surface area contributed by atoms with Gasteiger partial charge < -0.3 is 14.8 Å². The van der Waals surface area contributed by atoms with E-state index in [0.717, 1.165) is 29.4 Å². The zero-order valence-electron chi connectivity index (χ0n) is 15.6. The SMILES string of the molecule is CCCCCNCc1ccc(OC(=O)Oc2ccc3ccccc3c2)cc1. The van der Waals surface area contributed by atoms with Crippen molar-refractivity contribution in [2.75, 3.05) is 6.54 Å². The smallest absolute Gasteiger partial charge is 0.395 e. The van der Waals surface area contributed by atoms with Gasteiger partial charge in [0.2, 0.25) is 0 Å². The number of nitrogens with one attached hydrogen (secondary N) is 1. The number of hydrogen-bond acceptors (Lipinski definition) is 4. The van der Waals surface area contributed by atoms with Crippen LogP contribution in [0.3, 0.4) is 0 Å². The minimum atomic E-state index is -0.740. The Kier molecular flexibility index (Phi) is 6.83. The summed E-state index contributed by atoms with van der Waals surface area (Å²) in [5.41, 5.74) is 1.15. The Morgan fingerprint density at radius 3 is 2.33 bits per heavy atom. The lowest BCUT2D eigenvalue weighted by Gasteiger charge is -2.08. The summed E-state index contributed by atoms with van der Waals surface area (Å²) in [4.78, 5) is 12.0. The first kappa shape index (κ1) is 18.9. The second kappa shape index (κ2) is 9.74. The maximum atomic E-state index is 12.0. The summed E-state index contributed by atoms with van der Waals surface area (Å²) in [7, 11) is 0. The molecule has 0 heterocycles. The zero-order chi connectivity index (χ0) is 18.9. The summed E-state index contributed by atoms with van der Waals surface area (Å²) in [5, 5.41) is 5.52. The van der Waals surface area contributed by atoms with Crippen LogP contribution in [0.2, 0.25) is 0 Å². The van der Waals surface area contributed by atoms with Gasteiger partial charge in [-0.05, 0) is 53.6 Å². The number of fused-ring (bicyclic) bond motifs is 1. The molecule has 0 aromatic heterocycles. The predicted molar refractivity (Wildman–Crippen MR) is 108 cm³/mol. The van der Waals surface area contributed by atoms with Gasteiger partial charge in [0.25, 0.3) is 0 Å². The van der Waals surface area contributed by atoms with E-state index in [4.69, 9.17) is 9.47 Å². The molecule has 0 fully saturated rings. The number of ether oxygens (including phenoxy) is 2. The molecule has 3 aromatic rings. The number of carbonyl (C=O) groups excluding carboxylic acids is 1. The molecule has 0 atom stereocenters. The number of benzene rings is 3. The van der Waals surface area contributed by atoms with Gasteiger partial charge in [0.1, 0.15) is 11.5 Å². The van der Waals surface area contributed by atoms with E-state index in [-0.39, 0.29) is 0 Å². The monoisotopic (exact) mass is 363 g/mol. The van der Waals surface area contributed by atoms with E-state index in [9.17, 15) is 4.79 Å². The first-order chi connectivity index (χ1) is 13.2. The van der Waals surface area contributed by atoms with E-state index in [0.29, 0.717) is 11.5 Å². The van der Waals surface area contributed by atoms with E-state index in [1.165, 1.54) is 19.3 Å². The van der Waals surface area contributed by atoms with Crippen LogP contribution in [0, 0.1) is 0 Å².